The lowest BCUT2D eigenvalue weighted by Gasteiger charge is -2.13. The first kappa shape index (κ1) is 20.5. The number of imide groups is 1. The number of methoxy groups -OCH3 is 1. The number of carbonyl (C=O) groups is 2. The van der Waals surface area contributed by atoms with Gasteiger partial charge in [-0.3, -0.25) is 14.5 Å². The number of nitrogens with zero attached hydrogens (tertiary/aromatic N) is 2. The summed E-state index contributed by atoms with van der Waals surface area (Å²) in [5.74, 6) is 0.507. The Bertz CT molecular complexity index is 1130. The summed E-state index contributed by atoms with van der Waals surface area (Å²) in [5.41, 5.74) is 3.73. The van der Waals surface area contributed by atoms with Gasteiger partial charge in [0.2, 0.25) is 0 Å². The Hall–Kier alpha value is -2.77. The number of ether oxygens (including phenoxy) is 1. The van der Waals surface area contributed by atoms with Gasteiger partial charge in [-0.15, -0.1) is 0 Å². The van der Waals surface area contributed by atoms with E-state index in [-0.39, 0.29) is 17.7 Å². The monoisotopic (exact) mass is 482 g/mol. The van der Waals surface area contributed by atoms with Crippen molar-refractivity contribution in [1.29, 1.82) is 0 Å². The van der Waals surface area contributed by atoms with Crippen molar-refractivity contribution in [3.05, 3.63) is 87.0 Å². The van der Waals surface area contributed by atoms with Gasteiger partial charge in [0.25, 0.3) is 11.1 Å². The number of rotatable bonds is 5. The van der Waals surface area contributed by atoms with Crippen LogP contribution in [0.5, 0.6) is 5.75 Å². The fraction of sp³-hybridized carbons (Fsp3) is 0.130. The quantitative estimate of drug-likeness (QED) is 0.431. The number of hydrogen-bond acceptors (Lipinski definition) is 4. The van der Waals surface area contributed by atoms with E-state index in [1.54, 1.807) is 13.2 Å². The topological polar surface area (TPSA) is 51.5 Å². The molecule has 3 aromatic rings. The van der Waals surface area contributed by atoms with Gasteiger partial charge in [0.15, 0.2) is 0 Å². The molecular formula is C23H19BrN2O3S. The number of aryl methyl sites for hydroxylation is 1. The van der Waals surface area contributed by atoms with Crippen molar-refractivity contribution in [3.63, 3.8) is 0 Å². The largest absolute Gasteiger partial charge is 0.497 e. The van der Waals surface area contributed by atoms with E-state index >= 15 is 0 Å². The molecule has 4 rings (SSSR count). The van der Waals surface area contributed by atoms with Crippen LogP contribution in [-0.2, 0) is 11.3 Å². The van der Waals surface area contributed by atoms with Crippen molar-refractivity contribution in [2.75, 3.05) is 7.11 Å². The Balaban J connectivity index is 1.61. The lowest BCUT2D eigenvalue weighted by molar-refractivity contribution is -0.123. The van der Waals surface area contributed by atoms with Crippen molar-refractivity contribution < 1.29 is 14.3 Å². The minimum absolute atomic E-state index is 0.256. The highest BCUT2D eigenvalue weighted by atomic mass is 79.9. The number of carbonyl (C=O) groups excluding carboxylic acids is 2. The summed E-state index contributed by atoms with van der Waals surface area (Å²) in [7, 11) is 1.63. The maximum atomic E-state index is 12.9. The molecule has 152 valence electrons. The molecule has 30 heavy (non-hydrogen) atoms. The van der Waals surface area contributed by atoms with Crippen molar-refractivity contribution in [3.8, 4) is 11.4 Å². The molecule has 0 aliphatic carbocycles. The third-order valence-electron chi connectivity index (χ3n) is 4.84. The van der Waals surface area contributed by atoms with Gasteiger partial charge < -0.3 is 9.30 Å². The Kier molecular flexibility index (Phi) is 5.83. The third kappa shape index (κ3) is 4.08. The number of thioether (sulfide) groups is 1. The lowest BCUT2D eigenvalue weighted by atomic mass is 10.2. The Morgan fingerprint density at radius 2 is 1.70 bits per heavy atom. The van der Waals surface area contributed by atoms with Gasteiger partial charge >= 0.3 is 0 Å². The molecule has 7 heteroatoms. The molecule has 0 spiro atoms. The Morgan fingerprint density at radius 1 is 1.00 bits per heavy atom. The number of aromatic nitrogens is 1. The Labute approximate surface area is 187 Å². The van der Waals surface area contributed by atoms with Crippen molar-refractivity contribution in [2.45, 2.75) is 13.5 Å². The summed E-state index contributed by atoms with van der Waals surface area (Å²) in [5, 5.41) is -0.256. The predicted molar refractivity (Wildman–Crippen MR) is 123 cm³/mol. The van der Waals surface area contributed by atoms with E-state index in [1.807, 2.05) is 72.2 Å². The SMILES string of the molecule is COc1ccc(-n2c(C)ccc2/C=C2\SC(=O)N(Cc3ccc(Br)cc3)C2=O)cc1. The first-order valence-electron chi connectivity index (χ1n) is 9.29. The van der Waals surface area contributed by atoms with Crippen LogP contribution in [-0.4, -0.2) is 27.7 Å². The normalized spacial score (nSPS) is 15.3. The van der Waals surface area contributed by atoms with Crippen LogP contribution in [0.3, 0.4) is 0 Å². The fourth-order valence-corrected chi connectivity index (χ4v) is 4.39. The molecule has 5 nitrogen and oxygen atoms in total. The van der Waals surface area contributed by atoms with Gasteiger partial charge in [0.1, 0.15) is 5.75 Å². The van der Waals surface area contributed by atoms with Crippen LogP contribution < -0.4 is 4.74 Å². The van der Waals surface area contributed by atoms with E-state index in [1.165, 1.54) is 4.90 Å². The summed E-state index contributed by atoms with van der Waals surface area (Å²) in [6.45, 7) is 2.26. The summed E-state index contributed by atoms with van der Waals surface area (Å²) in [4.78, 5) is 27.1. The molecule has 0 bridgehead atoms. The average molecular weight is 483 g/mol. The van der Waals surface area contributed by atoms with Crippen LogP contribution in [0.2, 0.25) is 0 Å². The van der Waals surface area contributed by atoms with Crippen molar-refractivity contribution >= 4 is 44.9 Å². The molecule has 0 unspecified atom stereocenters. The van der Waals surface area contributed by atoms with E-state index in [0.717, 1.165) is 44.6 Å². The second-order valence-corrected chi connectivity index (χ2v) is 8.74. The average Bonchev–Trinajstić information content (AvgIpc) is 3.24. The lowest BCUT2D eigenvalue weighted by Crippen LogP contribution is -2.27. The first-order chi connectivity index (χ1) is 14.5. The minimum atomic E-state index is -0.270. The first-order valence-corrected chi connectivity index (χ1v) is 10.9. The zero-order chi connectivity index (χ0) is 21.3. The number of benzene rings is 2. The summed E-state index contributed by atoms with van der Waals surface area (Å²) < 4.78 is 8.23. The van der Waals surface area contributed by atoms with Gasteiger partial charge in [-0.2, -0.15) is 0 Å². The minimum Gasteiger partial charge on any atom is -0.497 e. The maximum absolute atomic E-state index is 12.9. The summed E-state index contributed by atoms with van der Waals surface area (Å²) in [6, 6.07) is 19.2. The van der Waals surface area contributed by atoms with Gasteiger partial charge in [0.05, 0.1) is 18.6 Å². The molecular weight excluding hydrogens is 464 g/mol. The van der Waals surface area contributed by atoms with Gasteiger partial charge in [-0.05, 0) is 78.9 Å². The van der Waals surface area contributed by atoms with Gasteiger partial charge in [0, 0.05) is 21.5 Å². The molecule has 0 radical (unpaired) electrons. The van der Waals surface area contributed by atoms with Crippen LogP contribution in [0.4, 0.5) is 4.79 Å². The molecule has 0 saturated carbocycles. The van der Waals surface area contributed by atoms with E-state index < -0.39 is 0 Å². The Morgan fingerprint density at radius 3 is 2.37 bits per heavy atom. The number of halogens is 1. The van der Waals surface area contributed by atoms with Crippen LogP contribution in [0.15, 0.2) is 70.0 Å². The van der Waals surface area contributed by atoms with E-state index in [2.05, 4.69) is 15.9 Å². The highest BCUT2D eigenvalue weighted by molar-refractivity contribution is 9.10. The number of hydrogen-bond donors (Lipinski definition) is 0. The molecule has 2 aromatic carbocycles. The fourth-order valence-electron chi connectivity index (χ4n) is 3.30. The molecule has 2 amide bonds. The van der Waals surface area contributed by atoms with Crippen LogP contribution in [0, 0.1) is 6.92 Å². The molecule has 1 saturated heterocycles. The number of amides is 2. The van der Waals surface area contributed by atoms with E-state index in [4.69, 9.17) is 4.74 Å². The third-order valence-corrected chi connectivity index (χ3v) is 6.28. The standard InChI is InChI=1S/C23H19BrN2O3S/c1-15-3-8-19(26(15)18-9-11-20(29-2)12-10-18)13-21-22(27)25(23(28)30-21)14-16-4-6-17(24)7-5-16/h3-13H,14H2,1-2H3/b21-13-. The molecule has 1 aliphatic heterocycles. The molecule has 0 atom stereocenters. The zero-order valence-electron chi connectivity index (χ0n) is 16.5. The molecule has 1 fully saturated rings. The smallest absolute Gasteiger partial charge is 0.293 e. The van der Waals surface area contributed by atoms with Crippen LogP contribution >= 0.6 is 27.7 Å². The van der Waals surface area contributed by atoms with Crippen molar-refractivity contribution in [1.82, 2.24) is 9.47 Å². The molecule has 1 aromatic heterocycles. The predicted octanol–water partition coefficient (Wildman–Crippen LogP) is 5.79. The summed E-state index contributed by atoms with van der Waals surface area (Å²) >= 11 is 4.37. The highest BCUT2D eigenvalue weighted by Gasteiger charge is 2.35. The maximum Gasteiger partial charge on any atom is 0.293 e. The van der Waals surface area contributed by atoms with Crippen LogP contribution in [0.1, 0.15) is 17.0 Å². The second-order valence-electron chi connectivity index (χ2n) is 6.83. The van der Waals surface area contributed by atoms with Gasteiger partial charge in [-0.25, -0.2) is 0 Å². The zero-order valence-corrected chi connectivity index (χ0v) is 18.9. The van der Waals surface area contributed by atoms with Gasteiger partial charge in [-0.1, -0.05) is 28.1 Å². The van der Waals surface area contributed by atoms with Crippen molar-refractivity contribution in [2.24, 2.45) is 0 Å². The van der Waals surface area contributed by atoms with E-state index in [0.29, 0.717) is 4.91 Å². The molecule has 1 aliphatic rings. The highest BCUT2D eigenvalue weighted by Crippen LogP contribution is 2.34. The summed E-state index contributed by atoms with van der Waals surface area (Å²) in [6.07, 6.45) is 1.78. The van der Waals surface area contributed by atoms with Crippen LogP contribution in [0.25, 0.3) is 11.8 Å². The molecule has 0 N–H and O–H groups in total. The molecule has 2 heterocycles. The second kappa shape index (κ2) is 8.53. The van der Waals surface area contributed by atoms with E-state index in [9.17, 15) is 9.59 Å².